The average Bonchev–Trinajstić information content (AvgIpc) is 3.06. The summed E-state index contributed by atoms with van der Waals surface area (Å²) >= 11 is 1.37. The van der Waals surface area contributed by atoms with Crippen LogP contribution in [0.4, 0.5) is 9.52 Å². The largest absolute Gasteiger partial charge is 0.384 e. The molecule has 4 nitrogen and oxygen atoms in total. The minimum absolute atomic E-state index is 0.175. The van der Waals surface area contributed by atoms with Crippen molar-refractivity contribution in [2.45, 2.75) is 24.8 Å². The van der Waals surface area contributed by atoms with Crippen LogP contribution in [0.15, 0.2) is 24.3 Å². The van der Waals surface area contributed by atoms with Crippen LogP contribution in [-0.4, -0.2) is 29.1 Å². The van der Waals surface area contributed by atoms with Crippen molar-refractivity contribution < 1.29 is 9.13 Å². The molecule has 1 aliphatic carbocycles. The summed E-state index contributed by atoms with van der Waals surface area (Å²) in [5, 5.41) is 4.20. The molecule has 0 saturated heterocycles. The normalized spacial score (nSPS) is 20.9. The molecule has 106 valence electrons. The van der Waals surface area contributed by atoms with Crippen LogP contribution in [0.5, 0.6) is 0 Å². The van der Waals surface area contributed by atoms with Crippen LogP contribution >= 0.6 is 11.5 Å². The van der Waals surface area contributed by atoms with Crippen LogP contribution in [-0.2, 0) is 11.2 Å². The maximum absolute atomic E-state index is 13.2. The van der Waals surface area contributed by atoms with E-state index in [1.807, 2.05) is 6.07 Å². The van der Waals surface area contributed by atoms with Crippen LogP contribution in [0, 0.1) is 5.82 Å². The van der Waals surface area contributed by atoms with Crippen LogP contribution in [0.3, 0.4) is 0 Å². The molecule has 3 rings (SSSR count). The minimum Gasteiger partial charge on any atom is -0.384 e. The lowest BCUT2D eigenvalue weighted by Gasteiger charge is -2.02. The molecule has 20 heavy (non-hydrogen) atoms. The van der Waals surface area contributed by atoms with E-state index in [9.17, 15) is 4.39 Å². The van der Waals surface area contributed by atoms with Gasteiger partial charge in [0.25, 0.3) is 0 Å². The third-order valence-corrected chi connectivity index (χ3v) is 4.06. The molecule has 0 amide bonds. The molecule has 0 spiro atoms. The number of hydrogen-bond donors (Lipinski definition) is 1. The summed E-state index contributed by atoms with van der Waals surface area (Å²) in [6, 6.07) is 7.14. The Hall–Kier alpha value is -1.53. The lowest BCUT2D eigenvalue weighted by molar-refractivity contribution is 0.201. The maximum Gasteiger partial charge on any atom is 0.202 e. The number of benzene rings is 1. The zero-order valence-corrected chi connectivity index (χ0v) is 12.0. The van der Waals surface area contributed by atoms with E-state index in [1.54, 1.807) is 19.2 Å². The Morgan fingerprint density at radius 3 is 3.20 bits per heavy atom. The van der Waals surface area contributed by atoms with Crippen LogP contribution in [0.2, 0.25) is 0 Å². The van der Waals surface area contributed by atoms with Crippen LogP contribution in [0.1, 0.15) is 23.7 Å². The SMILES string of the molecule is COCCc1nsc(N[C@@H]2C[C@H]2c2cccc(F)c2)n1. The monoisotopic (exact) mass is 293 g/mol. The molecule has 1 aromatic carbocycles. The van der Waals surface area contributed by atoms with Gasteiger partial charge in [0.15, 0.2) is 0 Å². The summed E-state index contributed by atoms with van der Waals surface area (Å²) < 4.78 is 22.5. The Bertz CT molecular complexity index is 589. The van der Waals surface area contributed by atoms with Crippen molar-refractivity contribution in [1.29, 1.82) is 0 Å². The van der Waals surface area contributed by atoms with Crippen molar-refractivity contribution >= 4 is 16.7 Å². The maximum atomic E-state index is 13.2. The first-order chi connectivity index (χ1) is 9.76. The molecule has 0 bridgehead atoms. The quantitative estimate of drug-likeness (QED) is 0.889. The van der Waals surface area contributed by atoms with Gasteiger partial charge in [-0.3, -0.25) is 0 Å². The highest BCUT2D eigenvalue weighted by molar-refractivity contribution is 7.09. The summed E-state index contributed by atoms with van der Waals surface area (Å²) in [4.78, 5) is 4.42. The second-order valence-electron chi connectivity index (χ2n) is 4.91. The number of nitrogens with zero attached hydrogens (tertiary/aromatic N) is 2. The standard InChI is InChI=1S/C14H16FN3OS/c1-19-6-5-13-17-14(20-18-13)16-12-8-11(12)9-3-2-4-10(15)7-9/h2-4,7,11-12H,5-6,8H2,1H3,(H,16,17,18)/t11-,12+/m0/s1. The molecule has 2 aromatic rings. The first-order valence-corrected chi connectivity index (χ1v) is 7.37. The molecule has 1 aliphatic rings. The predicted molar refractivity (Wildman–Crippen MR) is 76.7 cm³/mol. The topological polar surface area (TPSA) is 47.0 Å². The summed E-state index contributed by atoms with van der Waals surface area (Å²) in [7, 11) is 1.67. The van der Waals surface area contributed by atoms with E-state index in [2.05, 4.69) is 14.7 Å². The third-order valence-electron chi connectivity index (χ3n) is 3.37. The number of hydrogen-bond acceptors (Lipinski definition) is 5. The molecule has 1 saturated carbocycles. The first kappa shape index (κ1) is 13.5. The fourth-order valence-electron chi connectivity index (χ4n) is 2.23. The van der Waals surface area contributed by atoms with Gasteiger partial charge in [-0.25, -0.2) is 9.37 Å². The zero-order chi connectivity index (χ0) is 13.9. The Morgan fingerprint density at radius 2 is 2.40 bits per heavy atom. The van der Waals surface area contributed by atoms with Gasteiger partial charge in [-0.15, -0.1) is 0 Å². The molecule has 1 heterocycles. The van der Waals surface area contributed by atoms with E-state index < -0.39 is 0 Å². The van der Waals surface area contributed by atoms with Gasteiger partial charge in [0.1, 0.15) is 11.6 Å². The first-order valence-electron chi connectivity index (χ1n) is 6.60. The van der Waals surface area contributed by atoms with Gasteiger partial charge in [-0.2, -0.15) is 4.37 Å². The van der Waals surface area contributed by atoms with E-state index in [4.69, 9.17) is 4.74 Å². The molecule has 0 unspecified atom stereocenters. The molecule has 1 fully saturated rings. The van der Waals surface area contributed by atoms with Gasteiger partial charge < -0.3 is 10.1 Å². The minimum atomic E-state index is -0.175. The van der Waals surface area contributed by atoms with E-state index >= 15 is 0 Å². The molecule has 0 aliphatic heterocycles. The Kier molecular flexibility index (Phi) is 3.93. The van der Waals surface area contributed by atoms with Gasteiger partial charge in [0.05, 0.1) is 6.61 Å². The average molecular weight is 293 g/mol. The highest BCUT2D eigenvalue weighted by atomic mass is 32.1. The summed E-state index contributed by atoms with van der Waals surface area (Å²) in [6.07, 6.45) is 1.74. The van der Waals surface area contributed by atoms with E-state index in [1.165, 1.54) is 17.6 Å². The molecule has 2 atom stereocenters. The fourth-order valence-corrected chi connectivity index (χ4v) is 2.90. The molecule has 1 aromatic heterocycles. The van der Waals surface area contributed by atoms with Gasteiger partial charge in [0.2, 0.25) is 5.13 Å². The van der Waals surface area contributed by atoms with Crippen molar-refractivity contribution in [3.63, 3.8) is 0 Å². The number of ether oxygens (including phenoxy) is 1. The van der Waals surface area contributed by atoms with Gasteiger partial charge in [-0.1, -0.05) is 12.1 Å². The molecular weight excluding hydrogens is 277 g/mol. The molecular formula is C14H16FN3OS. The predicted octanol–water partition coefficient (Wildman–Crippen LogP) is 2.83. The van der Waals surface area contributed by atoms with Crippen molar-refractivity contribution in [3.8, 4) is 0 Å². The number of rotatable bonds is 6. The van der Waals surface area contributed by atoms with Crippen molar-refractivity contribution in [2.75, 3.05) is 19.0 Å². The smallest absolute Gasteiger partial charge is 0.202 e. The zero-order valence-electron chi connectivity index (χ0n) is 11.2. The third kappa shape index (κ3) is 3.13. The number of halogens is 1. The van der Waals surface area contributed by atoms with E-state index in [-0.39, 0.29) is 5.82 Å². The summed E-state index contributed by atoms with van der Waals surface area (Å²) in [5.41, 5.74) is 1.05. The molecule has 1 N–H and O–H groups in total. The van der Waals surface area contributed by atoms with Crippen molar-refractivity contribution in [2.24, 2.45) is 0 Å². The number of methoxy groups -OCH3 is 1. The lowest BCUT2D eigenvalue weighted by atomic mass is 10.1. The number of aromatic nitrogens is 2. The second-order valence-corrected chi connectivity index (χ2v) is 5.66. The van der Waals surface area contributed by atoms with Crippen molar-refractivity contribution in [3.05, 3.63) is 41.5 Å². The van der Waals surface area contributed by atoms with Gasteiger partial charge in [0, 0.05) is 37.0 Å². The molecule has 6 heteroatoms. The fraction of sp³-hybridized carbons (Fsp3) is 0.429. The highest BCUT2D eigenvalue weighted by Crippen LogP contribution is 2.43. The molecule has 0 radical (unpaired) electrons. The van der Waals surface area contributed by atoms with Gasteiger partial charge >= 0.3 is 0 Å². The Labute approximate surface area is 121 Å². The van der Waals surface area contributed by atoms with Crippen LogP contribution in [0.25, 0.3) is 0 Å². The second kappa shape index (κ2) is 5.85. The number of nitrogens with one attached hydrogen (secondary N) is 1. The summed E-state index contributed by atoms with van der Waals surface area (Å²) in [5.74, 6) is 1.00. The number of anilines is 1. The van der Waals surface area contributed by atoms with Gasteiger partial charge in [-0.05, 0) is 24.1 Å². The Morgan fingerprint density at radius 1 is 1.50 bits per heavy atom. The van der Waals surface area contributed by atoms with E-state index in [0.717, 1.165) is 29.4 Å². The van der Waals surface area contributed by atoms with E-state index in [0.29, 0.717) is 18.6 Å². The Balaban J connectivity index is 1.56. The lowest BCUT2D eigenvalue weighted by Crippen LogP contribution is -2.04. The van der Waals surface area contributed by atoms with Crippen LogP contribution < -0.4 is 5.32 Å². The summed E-state index contributed by atoms with van der Waals surface area (Å²) in [6.45, 7) is 0.630. The van der Waals surface area contributed by atoms with Crippen molar-refractivity contribution in [1.82, 2.24) is 9.36 Å². The highest BCUT2D eigenvalue weighted by Gasteiger charge is 2.39.